The fraction of sp³-hybridized carbons (Fsp3) is 0.300. The summed E-state index contributed by atoms with van der Waals surface area (Å²) in [5, 5.41) is 26.1. The van der Waals surface area contributed by atoms with E-state index < -0.39 is 17.6 Å². The van der Waals surface area contributed by atoms with Gasteiger partial charge in [0.25, 0.3) is 0 Å². The number of carbonyl (C=O) groups excluding carboxylic acids is 1. The van der Waals surface area contributed by atoms with Gasteiger partial charge in [-0.2, -0.15) is 20.3 Å². The van der Waals surface area contributed by atoms with Crippen molar-refractivity contribution in [3.63, 3.8) is 0 Å². The molecule has 0 bridgehead atoms. The van der Waals surface area contributed by atoms with Crippen molar-refractivity contribution < 1.29 is 9.53 Å². The molecule has 1 atom stereocenters. The molecule has 3 rings (SSSR count). The van der Waals surface area contributed by atoms with Gasteiger partial charge in [0.1, 0.15) is 23.3 Å². The minimum Gasteiger partial charge on any atom is -0.456 e. The van der Waals surface area contributed by atoms with Crippen LogP contribution in [0, 0.1) is 22.7 Å². The van der Waals surface area contributed by atoms with Crippen molar-refractivity contribution in [3.05, 3.63) is 41.9 Å². The van der Waals surface area contributed by atoms with Gasteiger partial charge in [-0.15, -0.1) is 0 Å². The predicted octanol–water partition coefficient (Wildman–Crippen LogP) is 2.97. The number of anilines is 1. The maximum atomic E-state index is 12.6. The third-order valence-electron chi connectivity index (χ3n) is 3.83. The number of fused-ring (bicyclic) bond motifs is 1. The van der Waals surface area contributed by atoms with Crippen molar-refractivity contribution in [1.29, 1.82) is 10.5 Å². The van der Waals surface area contributed by atoms with Gasteiger partial charge in [0.15, 0.2) is 11.5 Å². The molecule has 3 aromatic rings. The highest BCUT2D eigenvalue weighted by Gasteiger charge is 2.22. The van der Waals surface area contributed by atoms with E-state index in [-0.39, 0.29) is 5.56 Å². The summed E-state index contributed by atoms with van der Waals surface area (Å²) in [5.74, 6) is -0.150. The second kappa shape index (κ2) is 7.56. The van der Waals surface area contributed by atoms with E-state index >= 15 is 0 Å². The number of pyridine rings is 2. The Morgan fingerprint density at radius 1 is 1.21 bits per heavy atom. The lowest BCUT2D eigenvalue weighted by Crippen LogP contribution is -2.25. The van der Waals surface area contributed by atoms with Crippen molar-refractivity contribution in [2.75, 3.05) is 5.32 Å². The maximum absolute atomic E-state index is 12.6. The van der Waals surface area contributed by atoms with Crippen LogP contribution in [0.4, 0.5) is 5.69 Å². The molecule has 29 heavy (non-hydrogen) atoms. The molecule has 0 spiro atoms. The first-order valence-electron chi connectivity index (χ1n) is 8.85. The lowest BCUT2D eigenvalue weighted by Gasteiger charge is -2.21. The summed E-state index contributed by atoms with van der Waals surface area (Å²) < 4.78 is 6.94. The summed E-state index contributed by atoms with van der Waals surface area (Å²) in [5.41, 5.74) is 0.878. The van der Waals surface area contributed by atoms with Crippen LogP contribution in [0.5, 0.6) is 0 Å². The second-order valence-corrected chi connectivity index (χ2v) is 7.39. The second-order valence-electron chi connectivity index (χ2n) is 7.39. The van der Waals surface area contributed by atoms with Crippen molar-refractivity contribution in [1.82, 2.24) is 19.7 Å². The van der Waals surface area contributed by atoms with Gasteiger partial charge in [0.05, 0.1) is 23.5 Å². The predicted molar refractivity (Wildman–Crippen MR) is 105 cm³/mol. The Morgan fingerprint density at radius 3 is 2.62 bits per heavy atom. The minimum absolute atomic E-state index is 0.210. The average Bonchev–Trinajstić information content (AvgIpc) is 3.09. The maximum Gasteiger partial charge on any atom is 0.342 e. The lowest BCUT2D eigenvalue weighted by molar-refractivity contribution is 0.00702. The van der Waals surface area contributed by atoms with Gasteiger partial charge in [-0.3, -0.25) is 0 Å². The summed E-state index contributed by atoms with van der Waals surface area (Å²) in [6.07, 6.45) is 4.41. The molecule has 0 aliphatic heterocycles. The van der Waals surface area contributed by atoms with Crippen LogP contribution in [0.25, 0.3) is 16.9 Å². The van der Waals surface area contributed by atoms with Crippen LogP contribution in [0.3, 0.4) is 0 Å². The molecule has 3 aromatic heterocycles. The minimum atomic E-state index is -0.672. The molecule has 0 saturated carbocycles. The van der Waals surface area contributed by atoms with Crippen LogP contribution >= 0.6 is 0 Å². The Hall–Kier alpha value is -3.98. The summed E-state index contributed by atoms with van der Waals surface area (Å²) in [4.78, 5) is 21.2. The molecule has 9 heteroatoms. The first-order chi connectivity index (χ1) is 13.7. The third kappa shape index (κ3) is 4.30. The number of hydrogen-bond donors (Lipinski definition) is 1. The molecular formula is C20H19N7O2. The number of ether oxygens (including phenoxy) is 1. The van der Waals surface area contributed by atoms with E-state index in [1.807, 2.05) is 6.07 Å². The first kappa shape index (κ1) is 19.8. The van der Waals surface area contributed by atoms with Crippen molar-refractivity contribution in [3.8, 4) is 18.0 Å². The Labute approximate surface area is 167 Å². The summed E-state index contributed by atoms with van der Waals surface area (Å²) >= 11 is 0. The van der Waals surface area contributed by atoms with Crippen LogP contribution in [0.2, 0.25) is 0 Å². The number of nitrogens with one attached hydrogen (secondary N) is 1. The molecule has 1 N–H and O–H groups in total. The number of hydrogen-bond acceptors (Lipinski definition) is 8. The van der Waals surface area contributed by atoms with E-state index in [2.05, 4.69) is 26.5 Å². The number of aromatic nitrogens is 4. The van der Waals surface area contributed by atoms with E-state index in [0.29, 0.717) is 28.1 Å². The van der Waals surface area contributed by atoms with E-state index in [1.165, 1.54) is 17.1 Å². The topological polar surface area (TPSA) is 130 Å². The molecule has 0 fully saturated rings. The molecule has 0 saturated heterocycles. The molecule has 0 radical (unpaired) electrons. The van der Waals surface area contributed by atoms with Crippen LogP contribution in [-0.2, 0) is 4.74 Å². The first-order valence-corrected chi connectivity index (χ1v) is 8.85. The SMILES string of the molecule is CC(C#N)Nc1cc(-n2ncc3cc(C#N)cnc32)ncc1C(=O)OC(C)(C)C. The molecule has 0 aliphatic rings. The number of nitriles is 2. The van der Waals surface area contributed by atoms with E-state index in [1.54, 1.807) is 46.0 Å². The Bertz CT molecular complexity index is 1160. The number of rotatable bonds is 4. The number of esters is 1. The van der Waals surface area contributed by atoms with Crippen LogP contribution in [0.1, 0.15) is 43.6 Å². The molecule has 0 aromatic carbocycles. The van der Waals surface area contributed by atoms with Gasteiger partial charge in [-0.05, 0) is 33.8 Å². The molecule has 1 unspecified atom stereocenters. The lowest BCUT2D eigenvalue weighted by atomic mass is 10.1. The van der Waals surface area contributed by atoms with Gasteiger partial charge in [0.2, 0.25) is 0 Å². The van der Waals surface area contributed by atoms with E-state index in [9.17, 15) is 4.79 Å². The molecule has 3 heterocycles. The standard InChI is InChI=1S/C20H19N7O2/c1-12(7-21)26-16-6-17(23-11-15(16)19(28)29-20(2,3)4)27-18-14(10-25-27)5-13(8-22)9-24-18/h5-6,9-12H,1-4H3,(H,23,26). The zero-order valence-corrected chi connectivity index (χ0v) is 16.5. The zero-order valence-electron chi connectivity index (χ0n) is 16.5. The molecule has 0 amide bonds. The summed E-state index contributed by atoms with van der Waals surface area (Å²) in [7, 11) is 0. The smallest absolute Gasteiger partial charge is 0.342 e. The third-order valence-corrected chi connectivity index (χ3v) is 3.83. The van der Waals surface area contributed by atoms with Crippen LogP contribution in [-0.4, -0.2) is 37.4 Å². The van der Waals surface area contributed by atoms with E-state index in [4.69, 9.17) is 15.3 Å². The monoisotopic (exact) mass is 389 g/mol. The summed E-state index contributed by atoms with van der Waals surface area (Å²) in [6, 6.07) is 6.86. The van der Waals surface area contributed by atoms with Crippen molar-refractivity contribution in [2.45, 2.75) is 39.3 Å². The highest BCUT2D eigenvalue weighted by molar-refractivity contribution is 5.96. The highest BCUT2D eigenvalue weighted by atomic mass is 16.6. The summed E-state index contributed by atoms with van der Waals surface area (Å²) in [6.45, 7) is 6.99. The Balaban J connectivity index is 2.08. The fourth-order valence-corrected chi connectivity index (χ4v) is 2.59. The normalized spacial score (nSPS) is 12.1. The quantitative estimate of drug-likeness (QED) is 0.674. The molecule has 9 nitrogen and oxygen atoms in total. The zero-order chi connectivity index (χ0) is 21.2. The highest BCUT2D eigenvalue weighted by Crippen LogP contribution is 2.24. The molecule has 0 aliphatic carbocycles. The van der Waals surface area contributed by atoms with Crippen molar-refractivity contribution in [2.24, 2.45) is 0 Å². The average molecular weight is 389 g/mol. The fourth-order valence-electron chi connectivity index (χ4n) is 2.59. The Kier molecular flexibility index (Phi) is 5.16. The number of carbonyl (C=O) groups is 1. The van der Waals surface area contributed by atoms with Crippen LogP contribution in [0.15, 0.2) is 30.7 Å². The van der Waals surface area contributed by atoms with Gasteiger partial charge in [-0.25, -0.2) is 14.8 Å². The van der Waals surface area contributed by atoms with Gasteiger partial charge in [0, 0.05) is 23.8 Å². The van der Waals surface area contributed by atoms with Gasteiger partial charge < -0.3 is 10.1 Å². The Morgan fingerprint density at radius 2 is 1.97 bits per heavy atom. The number of nitrogens with zero attached hydrogens (tertiary/aromatic N) is 6. The van der Waals surface area contributed by atoms with Gasteiger partial charge >= 0.3 is 5.97 Å². The molecular weight excluding hydrogens is 370 g/mol. The van der Waals surface area contributed by atoms with Crippen LogP contribution < -0.4 is 5.32 Å². The van der Waals surface area contributed by atoms with Crippen molar-refractivity contribution >= 4 is 22.7 Å². The van der Waals surface area contributed by atoms with Gasteiger partial charge in [-0.1, -0.05) is 0 Å². The largest absolute Gasteiger partial charge is 0.456 e. The van der Waals surface area contributed by atoms with E-state index in [0.717, 1.165) is 0 Å². The molecule has 146 valence electrons.